The number of hydrogen-bond donors (Lipinski definition) is 1. The summed E-state index contributed by atoms with van der Waals surface area (Å²) >= 11 is 6.38. The normalized spacial score (nSPS) is 10.8. The molecule has 0 spiro atoms. The minimum absolute atomic E-state index is 0.157. The summed E-state index contributed by atoms with van der Waals surface area (Å²) in [6, 6.07) is 15.0. The number of halogens is 1. The molecule has 6 nitrogen and oxygen atoms in total. The Morgan fingerprint density at radius 1 is 1.16 bits per heavy atom. The number of ether oxygens (including phenoxy) is 2. The number of nitrogens with zero attached hydrogens (tertiary/aromatic N) is 1. The number of nitrogens with one attached hydrogen (secondary N) is 1. The van der Waals surface area contributed by atoms with E-state index in [1.54, 1.807) is 19.4 Å². The number of anilines is 1. The molecule has 1 N–H and O–H groups in total. The number of hydrogen-bond acceptors (Lipinski definition) is 6. The zero-order valence-corrected chi connectivity index (χ0v) is 18.4. The lowest BCUT2D eigenvalue weighted by atomic mass is 10.1. The number of pyridine rings is 1. The van der Waals surface area contributed by atoms with Crippen LogP contribution in [0.2, 0.25) is 5.02 Å². The molecular weight excluding hydrogens is 428 g/mol. The molecule has 0 saturated carbocycles. The number of aromatic nitrogens is 1. The molecule has 0 aliphatic heterocycles. The molecule has 0 unspecified atom stereocenters. The summed E-state index contributed by atoms with van der Waals surface area (Å²) < 4.78 is 16.9. The Bertz CT molecular complexity index is 1210. The fourth-order valence-corrected chi connectivity index (χ4v) is 3.63. The van der Waals surface area contributed by atoms with E-state index in [4.69, 9.17) is 25.5 Å². The Morgan fingerprint density at radius 2 is 2.03 bits per heavy atom. The van der Waals surface area contributed by atoms with Gasteiger partial charge in [0.2, 0.25) is 0 Å². The van der Waals surface area contributed by atoms with Crippen LogP contribution in [-0.2, 0) is 29.1 Å². The molecule has 0 aliphatic rings. The van der Waals surface area contributed by atoms with Gasteiger partial charge in [0.25, 0.3) is 0 Å². The van der Waals surface area contributed by atoms with E-state index in [1.807, 2.05) is 54.7 Å². The summed E-state index contributed by atoms with van der Waals surface area (Å²) in [6.07, 6.45) is 5.38. The minimum Gasteiger partial charge on any atom is -0.488 e. The van der Waals surface area contributed by atoms with Crippen LogP contribution in [0.15, 0.2) is 71.6 Å². The molecule has 0 atom stereocenters. The van der Waals surface area contributed by atoms with Crippen molar-refractivity contribution in [1.29, 1.82) is 0 Å². The van der Waals surface area contributed by atoms with Crippen molar-refractivity contribution in [1.82, 2.24) is 4.98 Å². The highest BCUT2D eigenvalue weighted by atomic mass is 35.5. The fourth-order valence-electron chi connectivity index (χ4n) is 3.41. The predicted octanol–water partition coefficient (Wildman–Crippen LogP) is 5.78. The number of para-hydroxylation sites is 1. The van der Waals surface area contributed by atoms with Crippen molar-refractivity contribution in [3.05, 3.63) is 88.9 Å². The molecule has 4 rings (SSSR count). The molecule has 0 bridgehead atoms. The van der Waals surface area contributed by atoms with E-state index < -0.39 is 0 Å². The Morgan fingerprint density at radius 3 is 2.84 bits per heavy atom. The predicted molar refractivity (Wildman–Crippen MR) is 124 cm³/mol. The number of benzene rings is 2. The van der Waals surface area contributed by atoms with Crippen LogP contribution in [-0.4, -0.2) is 17.6 Å². The standard InChI is InChI=1S/C25H23ClN2O4/c1-2-30-24(29)10-18-7-3-4-8-23(18)31-15-19-16-32-25-21(19)11-20(26)12-22(25)28-14-17-6-5-9-27-13-17/h3-9,11-13,16,28H,2,10,14-15H2,1H3. The van der Waals surface area contributed by atoms with Crippen LogP contribution in [0.1, 0.15) is 23.6 Å². The first kappa shape index (κ1) is 21.7. The number of esters is 1. The van der Waals surface area contributed by atoms with E-state index >= 15 is 0 Å². The SMILES string of the molecule is CCOC(=O)Cc1ccccc1OCc1coc2c(NCc3cccnc3)cc(Cl)cc12. The molecule has 2 heterocycles. The fraction of sp³-hybridized carbons (Fsp3) is 0.200. The minimum atomic E-state index is -0.284. The molecule has 2 aromatic carbocycles. The zero-order chi connectivity index (χ0) is 22.3. The van der Waals surface area contributed by atoms with Crippen molar-refractivity contribution in [2.75, 3.05) is 11.9 Å². The maximum Gasteiger partial charge on any atom is 0.310 e. The molecule has 0 aliphatic carbocycles. The quantitative estimate of drug-likeness (QED) is 0.326. The molecular formula is C25H23ClN2O4. The van der Waals surface area contributed by atoms with Gasteiger partial charge >= 0.3 is 5.97 Å². The average molecular weight is 451 g/mol. The average Bonchev–Trinajstić information content (AvgIpc) is 3.20. The number of carbonyl (C=O) groups excluding carboxylic acids is 1. The lowest BCUT2D eigenvalue weighted by Crippen LogP contribution is -2.09. The van der Waals surface area contributed by atoms with Crippen molar-refractivity contribution >= 4 is 34.2 Å². The van der Waals surface area contributed by atoms with Gasteiger partial charge in [0.1, 0.15) is 12.4 Å². The van der Waals surface area contributed by atoms with Crippen molar-refractivity contribution < 1.29 is 18.7 Å². The third kappa shape index (κ3) is 5.21. The molecule has 164 valence electrons. The number of carbonyl (C=O) groups is 1. The summed E-state index contributed by atoms with van der Waals surface area (Å²) in [5, 5.41) is 4.83. The van der Waals surface area contributed by atoms with Crippen LogP contribution in [0.4, 0.5) is 5.69 Å². The van der Waals surface area contributed by atoms with Gasteiger partial charge in [-0.2, -0.15) is 0 Å². The maximum absolute atomic E-state index is 11.9. The van der Waals surface area contributed by atoms with Gasteiger partial charge in [0.05, 0.1) is 25.0 Å². The largest absolute Gasteiger partial charge is 0.488 e. The summed E-state index contributed by atoms with van der Waals surface area (Å²) in [5.74, 6) is 0.347. The van der Waals surface area contributed by atoms with Crippen LogP contribution in [0.5, 0.6) is 5.75 Å². The van der Waals surface area contributed by atoms with Crippen molar-refractivity contribution in [2.24, 2.45) is 0 Å². The van der Waals surface area contributed by atoms with E-state index in [-0.39, 0.29) is 19.0 Å². The van der Waals surface area contributed by atoms with Crippen LogP contribution in [0.3, 0.4) is 0 Å². The van der Waals surface area contributed by atoms with Gasteiger partial charge < -0.3 is 19.2 Å². The van der Waals surface area contributed by atoms with Gasteiger partial charge in [0, 0.05) is 40.5 Å². The van der Waals surface area contributed by atoms with Crippen LogP contribution >= 0.6 is 11.6 Å². The third-order valence-electron chi connectivity index (χ3n) is 4.92. The van der Waals surface area contributed by atoms with Crippen molar-refractivity contribution in [2.45, 2.75) is 26.5 Å². The van der Waals surface area contributed by atoms with Crippen LogP contribution in [0.25, 0.3) is 11.0 Å². The highest BCUT2D eigenvalue weighted by molar-refractivity contribution is 6.31. The Hall–Kier alpha value is -3.51. The van der Waals surface area contributed by atoms with Crippen molar-refractivity contribution in [3.63, 3.8) is 0 Å². The molecule has 7 heteroatoms. The maximum atomic E-state index is 11.9. The smallest absolute Gasteiger partial charge is 0.310 e. The second-order valence-corrected chi connectivity index (χ2v) is 7.62. The second kappa shape index (κ2) is 10.2. The molecule has 0 amide bonds. The van der Waals surface area contributed by atoms with Crippen molar-refractivity contribution in [3.8, 4) is 5.75 Å². The highest BCUT2D eigenvalue weighted by Gasteiger charge is 2.14. The van der Waals surface area contributed by atoms with Gasteiger partial charge in [-0.3, -0.25) is 9.78 Å². The zero-order valence-electron chi connectivity index (χ0n) is 17.6. The Balaban J connectivity index is 1.51. The first-order valence-corrected chi connectivity index (χ1v) is 10.7. The summed E-state index contributed by atoms with van der Waals surface area (Å²) in [4.78, 5) is 16.0. The Labute approximate surface area is 191 Å². The van der Waals surface area contributed by atoms with E-state index in [0.717, 1.165) is 27.8 Å². The molecule has 32 heavy (non-hydrogen) atoms. The van der Waals surface area contributed by atoms with Gasteiger partial charge in [-0.15, -0.1) is 0 Å². The topological polar surface area (TPSA) is 73.6 Å². The molecule has 0 saturated heterocycles. The third-order valence-corrected chi connectivity index (χ3v) is 5.14. The van der Waals surface area contributed by atoms with E-state index in [0.29, 0.717) is 29.5 Å². The summed E-state index contributed by atoms with van der Waals surface area (Å²) in [5.41, 5.74) is 4.18. The van der Waals surface area contributed by atoms with E-state index in [2.05, 4.69) is 10.3 Å². The first-order valence-electron chi connectivity index (χ1n) is 10.3. The van der Waals surface area contributed by atoms with Gasteiger partial charge in [-0.1, -0.05) is 35.9 Å². The van der Waals surface area contributed by atoms with E-state index in [9.17, 15) is 4.79 Å². The highest BCUT2D eigenvalue weighted by Crippen LogP contribution is 2.33. The molecule has 0 fully saturated rings. The lowest BCUT2D eigenvalue weighted by molar-refractivity contribution is -0.142. The number of rotatable bonds is 9. The number of furan rings is 1. The van der Waals surface area contributed by atoms with Crippen LogP contribution < -0.4 is 10.1 Å². The first-order chi connectivity index (χ1) is 15.6. The second-order valence-electron chi connectivity index (χ2n) is 7.18. The number of fused-ring (bicyclic) bond motifs is 1. The summed E-state index contributed by atoms with van der Waals surface area (Å²) in [7, 11) is 0. The molecule has 2 aromatic heterocycles. The van der Waals surface area contributed by atoms with Gasteiger partial charge in [-0.25, -0.2) is 0 Å². The Kier molecular flexibility index (Phi) is 6.92. The molecule has 4 aromatic rings. The molecule has 0 radical (unpaired) electrons. The monoisotopic (exact) mass is 450 g/mol. The lowest BCUT2D eigenvalue weighted by Gasteiger charge is -2.11. The van der Waals surface area contributed by atoms with E-state index in [1.165, 1.54) is 0 Å². The van der Waals surface area contributed by atoms with Gasteiger partial charge in [0.15, 0.2) is 5.58 Å². The summed E-state index contributed by atoms with van der Waals surface area (Å²) in [6.45, 7) is 3.00. The van der Waals surface area contributed by atoms with Crippen LogP contribution in [0, 0.1) is 0 Å². The van der Waals surface area contributed by atoms with Gasteiger partial charge in [-0.05, 0) is 36.8 Å².